The van der Waals surface area contributed by atoms with Gasteiger partial charge in [0.2, 0.25) is 5.91 Å². The van der Waals surface area contributed by atoms with Crippen LogP contribution in [-0.4, -0.2) is 29.4 Å². The van der Waals surface area contributed by atoms with Gasteiger partial charge in [0.25, 0.3) is 0 Å². The molecule has 18 heavy (non-hydrogen) atoms. The number of carbonyl (C=O) groups is 1. The van der Waals surface area contributed by atoms with Crippen LogP contribution < -0.4 is 10.6 Å². The molecule has 0 spiro atoms. The first kappa shape index (κ1) is 13.9. The van der Waals surface area contributed by atoms with Crippen LogP contribution in [0.15, 0.2) is 18.5 Å². The highest BCUT2D eigenvalue weighted by atomic mass is 16.6. The fourth-order valence-corrected chi connectivity index (χ4v) is 1.42. The van der Waals surface area contributed by atoms with Crippen molar-refractivity contribution in [3.8, 4) is 0 Å². The molecule has 0 fully saturated rings. The number of hydrogen-bond donors (Lipinski definition) is 2. The van der Waals surface area contributed by atoms with Crippen LogP contribution in [0.4, 0.5) is 11.4 Å². The van der Waals surface area contributed by atoms with Crippen molar-refractivity contribution in [2.24, 2.45) is 5.41 Å². The summed E-state index contributed by atoms with van der Waals surface area (Å²) in [5.74, 6) is -0.133. The fraction of sp³-hybridized carbons (Fsp3) is 0.455. The van der Waals surface area contributed by atoms with Gasteiger partial charge >= 0.3 is 5.69 Å². The average molecular weight is 252 g/mol. The number of nitro groups is 1. The van der Waals surface area contributed by atoms with Crippen LogP contribution in [0.3, 0.4) is 0 Å². The highest BCUT2D eigenvalue weighted by Crippen LogP contribution is 2.24. The Hall–Kier alpha value is -2.18. The standard InChI is InChI=1S/C11H16N4O3/c1-11(2,10(16)12-3)7-14-8-4-5-13-6-9(8)15(17)18/h4-6H,7H2,1-3H3,(H,12,16)(H,13,14). The van der Waals surface area contributed by atoms with Crippen molar-refractivity contribution >= 4 is 17.3 Å². The van der Waals surface area contributed by atoms with Gasteiger partial charge in [-0.1, -0.05) is 0 Å². The molecule has 1 rings (SSSR count). The van der Waals surface area contributed by atoms with Crippen molar-refractivity contribution in [1.82, 2.24) is 10.3 Å². The van der Waals surface area contributed by atoms with E-state index in [0.717, 1.165) is 0 Å². The van der Waals surface area contributed by atoms with E-state index in [1.54, 1.807) is 20.9 Å². The van der Waals surface area contributed by atoms with E-state index in [1.165, 1.54) is 18.5 Å². The Balaban J connectivity index is 2.81. The normalized spacial score (nSPS) is 10.8. The Morgan fingerprint density at radius 2 is 2.22 bits per heavy atom. The Morgan fingerprint density at radius 3 is 2.78 bits per heavy atom. The van der Waals surface area contributed by atoms with Crippen molar-refractivity contribution in [2.75, 3.05) is 18.9 Å². The first-order chi connectivity index (χ1) is 8.38. The molecule has 7 nitrogen and oxygen atoms in total. The maximum atomic E-state index is 11.6. The quantitative estimate of drug-likeness (QED) is 0.605. The summed E-state index contributed by atoms with van der Waals surface area (Å²) in [7, 11) is 1.55. The summed E-state index contributed by atoms with van der Waals surface area (Å²) >= 11 is 0. The topological polar surface area (TPSA) is 97.2 Å². The second-order valence-electron chi connectivity index (χ2n) is 4.47. The summed E-state index contributed by atoms with van der Waals surface area (Å²) in [6, 6.07) is 1.51. The van der Waals surface area contributed by atoms with Gasteiger partial charge in [-0.3, -0.25) is 19.9 Å². The number of pyridine rings is 1. The van der Waals surface area contributed by atoms with Gasteiger partial charge in [0.1, 0.15) is 11.9 Å². The lowest BCUT2D eigenvalue weighted by molar-refractivity contribution is -0.384. The van der Waals surface area contributed by atoms with E-state index < -0.39 is 10.3 Å². The molecular formula is C11H16N4O3. The number of carbonyl (C=O) groups excluding carboxylic acids is 1. The molecule has 1 amide bonds. The molecule has 1 aromatic rings. The molecule has 0 aliphatic rings. The molecule has 0 aromatic carbocycles. The number of hydrogen-bond acceptors (Lipinski definition) is 5. The lowest BCUT2D eigenvalue weighted by Gasteiger charge is -2.23. The minimum atomic E-state index is -0.661. The molecule has 7 heteroatoms. The summed E-state index contributed by atoms with van der Waals surface area (Å²) in [4.78, 5) is 25.5. The Morgan fingerprint density at radius 1 is 1.56 bits per heavy atom. The van der Waals surface area contributed by atoms with Gasteiger partial charge in [-0.05, 0) is 19.9 Å². The molecule has 0 bridgehead atoms. The predicted molar refractivity (Wildman–Crippen MR) is 67.2 cm³/mol. The van der Waals surface area contributed by atoms with Crippen LogP contribution in [0, 0.1) is 15.5 Å². The van der Waals surface area contributed by atoms with Gasteiger partial charge < -0.3 is 10.6 Å². The van der Waals surface area contributed by atoms with Crippen molar-refractivity contribution in [3.63, 3.8) is 0 Å². The van der Waals surface area contributed by atoms with Gasteiger partial charge in [-0.15, -0.1) is 0 Å². The summed E-state index contributed by atoms with van der Waals surface area (Å²) in [5, 5.41) is 16.2. The number of amides is 1. The summed E-state index contributed by atoms with van der Waals surface area (Å²) < 4.78 is 0. The highest BCUT2D eigenvalue weighted by molar-refractivity contribution is 5.82. The lowest BCUT2D eigenvalue weighted by Crippen LogP contribution is -2.39. The minimum absolute atomic E-state index is 0.106. The van der Waals surface area contributed by atoms with Crippen molar-refractivity contribution in [3.05, 3.63) is 28.6 Å². The van der Waals surface area contributed by atoms with Gasteiger partial charge in [0.15, 0.2) is 0 Å². The van der Waals surface area contributed by atoms with Gasteiger partial charge in [-0.25, -0.2) is 0 Å². The molecular weight excluding hydrogens is 236 g/mol. The Kier molecular flexibility index (Phi) is 4.19. The lowest BCUT2D eigenvalue weighted by atomic mass is 9.92. The molecule has 0 radical (unpaired) electrons. The zero-order valence-corrected chi connectivity index (χ0v) is 10.6. The SMILES string of the molecule is CNC(=O)C(C)(C)CNc1ccncc1[N+](=O)[O-]. The molecule has 98 valence electrons. The average Bonchev–Trinajstić information content (AvgIpc) is 2.35. The van der Waals surface area contributed by atoms with Gasteiger partial charge in [0.05, 0.1) is 10.3 Å². The maximum Gasteiger partial charge on any atom is 0.310 e. The summed E-state index contributed by atoms with van der Waals surface area (Å²) in [6.45, 7) is 3.80. The molecule has 0 saturated carbocycles. The minimum Gasteiger partial charge on any atom is -0.378 e. The third kappa shape index (κ3) is 3.16. The largest absolute Gasteiger partial charge is 0.378 e. The number of rotatable bonds is 5. The van der Waals surface area contributed by atoms with Crippen LogP contribution in [0.25, 0.3) is 0 Å². The molecule has 0 saturated heterocycles. The first-order valence-electron chi connectivity index (χ1n) is 5.43. The van der Waals surface area contributed by atoms with E-state index in [0.29, 0.717) is 5.69 Å². The number of nitrogens with zero attached hydrogens (tertiary/aromatic N) is 2. The smallest absolute Gasteiger partial charge is 0.310 e. The Bertz CT molecular complexity index is 459. The van der Waals surface area contributed by atoms with E-state index in [9.17, 15) is 14.9 Å². The highest BCUT2D eigenvalue weighted by Gasteiger charge is 2.27. The van der Waals surface area contributed by atoms with Gasteiger partial charge in [-0.2, -0.15) is 0 Å². The zero-order chi connectivity index (χ0) is 13.8. The van der Waals surface area contributed by atoms with E-state index in [4.69, 9.17) is 0 Å². The van der Waals surface area contributed by atoms with Crippen molar-refractivity contribution in [2.45, 2.75) is 13.8 Å². The molecule has 0 aliphatic heterocycles. The van der Waals surface area contributed by atoms with Crippen LogP contribution in [0.5, 0.6) is 0 Å². The number of anilines is 1. The molecule has 0 unspecified atom stereocenters. The van der Waals surface area contributed by atoms with E-state index in [-0.39, 0.29) is 18.1 Å². The molecule has 1 heterocycles. The van der Waals surface area contributed by atoms with Crippen molar-refractivity contribution < 1.29 is 9.72 Å². The maximum absolute atomic E-state index is 11.6. The second kappa shape index (κ2) is 5.44. The number of nitrogens with one attached hydrogen (secondary N) is 2. The van der Waals surface area contributed by atoms with Crippen LogP contribution >= 0.6 is 0 Å². The van der Waals surface area contributed by atoms with E-state index >= 15 is 0 Å². The van der Waals surface area contributed by atoms with E-state index in [1.807, 2.05) is 0 Å². The zero-order valence-electron chi connectivity index (χ0n) is 10.6. The monoisotopic (exact) mass is 252 g/mol. The number of aromatic nitrogens is 1. The molecule has 0 atom stereocenters. The first-order valence-corrected chi connectivity index (χ1v) is 5.43. The van der Waals surface area contributed by atoms with Gasteiger partial charge in [0, 0.05) is 19.8 Å². The van der Waals surface area contributed by atoms with Crippen molar-refractivity contribution in [1.29, 1.82) is 0 Å². The second-order valence-corrected chi connectivity index (χ2v) is 4.47. The summed E-state index contributed by atoms with van der Waals surface area (Å²) in [6.07, 6.45) is 2.64. The van der Waals surface area contributed by atoms with E-state index in [2.05, 4.69) is 15.6 Å². The fourth-order valence-electron chi connectivity index (χ4n) is 1.42. The van der Waals surface area contributed by atoms with Crippen LogP contribution in [0.2, 0.25) is 0 Å². The third-order valence-corrected chi connectivity index (χ3v) is 2.56. The molecule has 2 N–H and O–H groups in total. The molecule has 0 aliphatic carbocycles. The predicted octanol–water partition coefficient (Wildman–Crippen LogP) is 1.17. The third-order valence-electron chi connectivity index (χ3n) is 2.56. The summed E-state index contributed by atoms with van der Waals surface area (Å²) in [5.41, 5.74) is -0.413. The Labute approximate surface area is 105 Å². The van der Waals surface area contributed by atoms with Crippen LogP contribution in [0.1, 0.15) is 13.8 Å². The van der Waals surface area contributed by atoms with Crippen LogP contribution in [-0.2, 0) is 4.79 Å². The molecule has 1 aromatic heterocycles.